The van der Waals surface area contributed by atoms with Crippen LogP contribution in [0.2, 0.25) is 0 Å². The van der Waals surface area contributed by atoms with E-state index in [1.807, 2.05) is 71.4 Å². The number of halogens is 1. The van der Waals surface area contributed by atoms with E-state index in [0.29, 0.717) is 18.8 Å². The van der Waals surface area contributed by atoms with E-state index in [1.165, 1.54) is 0 Å². The van der Waals surface area contributed by atoms with E-state index in [4.69, 9.17) is 11.0 Å². The minimum atomic E-state index is 0. The van der Waals surface area contributed by atoms with Crippen molar-refractivity contribution in [2.24, 2.45) is 0 Å². The number of nitriles is 1. The number of hydrogen-bond acceptors (Lipinski definition) is 3. The molecule has 0 unspecified atom stereocenters. The van der Waals surface area contributed by atoms with E-state index in [2.05, 4.69) is 11.2 Å². The summed E-state index contributed by atoms with van der Waals surface area (Å²) in [4.78, 5) is 0. The van der Waals surface area contributed by atoms with Crippen LogP contribution in [0.15, 0.2) is 66.7 Å². The smallest absolute Gasteiger partial charge is 0.301 e. The van der Waals surface area contributed by atoms with Gasteiger partial charge in [0.1, 0.15) is 12.2 Å². The lowest BCUT2D eigenvalue weighted by molar-refractivity contribution is -0.739. The molecule has 0 radical (unpaired) electrons. The molecule has 0 aliphatic heterocycles. The van der Waals surface area contributed by atoms with Crippen molar-refractivity contribution in [1.82, 2.24) is 5.10 Å². The van der Waals surface area contributed by atoms with Gasteiger partial charge in [0.15, 0.2) is 0 Å². The Balaban J connectivity index is 0.00000225. The van der Waals surface area contributed by atoms with Crippen molar-refractivity contribution < 1.29 is 21.7 Å². The van der Waals surface area contributed by atoms with Gasteiger partial charge in [-0.05, 0) is 11.6 Å². The van der Waals surface area contributed by atoms with E-state index < -0.39 is 0 Å². The lowest BCUT2D eigenvalue weighted by Crippen LogP contribution is -3.00. The number of rotatable bonds is 5. The Labute approximate surface area is 158 Å². The third-order valence-electron chi connectivity index (χ3n) is 3.88. The number of nitrogens with zero attached hydrogens (tertiary/aromatic N) is 3. The van der Waals surface area contributed by atoms with Gasteiger partial charge >= 0.3 is 5.82 Å². The molecular formula is C20H19BrN4. The fourth-order valence-electron chi connectivity index (χ4n) is 2.64. The third kappa shape index (κ3) is 4.43. The summed E-state index contributed by atoms with van der Waals surface area (Å²) < 4.78 is 1.81. The number of unbranched alkanes of at least 4 members (excludes halogenated alkanes) is 1. The number of nitrogen functional groups attached to an aromatic ring is 1. The highest BCUT2D eigenvalue weighted by molar-refractivity contribution is 5.75. The maximum Gasteiger partial charge on any atom is 0.301 e. The first kappa shape index (κ1) is 18.6. The second kappa shape index (κ2) is 8.95. The normalized spacial score (nSPS) is 9.88. The van der Waals surface area contributed by atoms with E-state index in [0.717, 1.165) is 28.8 Å². The van der Waals surface area contributed by atoms with Crippen LogP contribution in [0.3, 0.4) is 0 Å². The number of benzene rings is 2. The van der Waals surface area contributed by atoms with Crippen LogP contribution in [0, 0.1) is 11.3 Å². The fourth-order valence-corrected chi connectivity index (χ4v) is 2.64. The molecule has 0 aliphatic rings. The molecule has 0 atom stereocenters. The molecule has 0 spiro atoms. The van der Waals surface area contributed by atoms with E-state index in [9.17, 15) is 0 Å². The fraction of sp³-hybridized carbons (Fsp3) is 0.150. The van der Waals surface area contributed by atoms with Crippen molar-refractivity contribution in [3.05, 3.63) is 66.7 Å². The van der Waals surface area contributed by atoms with E-state index >= 15 is 0 Å². The van der Waals surface area contributed by atoms with Crippen molar-refractivity contribution in [3.63, 3.8) is 0 Å². The largest absolute Gasteiger partial charge is 1.00 e. The maximum absolute atomic E-state index is 8.77. The van der Waals surface area contributed by atoms with Crippen molar-refractivity contribution in [1.29, 1.82) is 5.26 Å². The molecule has 0 aliphatic carbocycles. The summed E-state index contributed by atoms with van der Waals surface area (Å²) in [5, 5.41) is 13.5. The van der Waals surface area contributed by atoms with E-state index in [1.54, 1.807) is 0 Å². The lowest BCUT2D eigenvalue weighted by Gasteiger charge is -2.09. The Kier molecular flexibility index (Phi) is 6.67. The number of hydrogen-bond donors (Lipinski definition) is 1. The zero-order valence-corrected chi connectivity index (χ0v) is 15.4. The summed E-state index contributed by atoms with van der Waals surface area (Å²) >= 11 is 0. The summed E-state index contributed by atoms with van der Waals surface area (Å²) in [6, 6.07) is 24.3. The van der Waals surface area contributed by atoms with Gasteiger partial charge in [0, 0.05) is 18.4 Å². The second-order valence-corrected chi connectivity index (χ2v) is 5.55. The highest BCUT2D eigenvalue weighted by Crippen LogP contribution is 2.27. The zero-order valence-electron chi connectivity index (χ0n) is 13.8. The predicted octanol–water partition coefficient (Wildman–Crippen LogP) is 0.593. The van der Waals surface area contributed by atoms with Crippen LogP contribution in [-0.4, -0.2) is 5.10 Å². The van der Waals surface area contributed by atoms with Gasteiger partial charge in [-0.3, -0.25) is 5.73 Å². The lowest BCUT2D eigenvalue weighted by atomic mass is 10.0. The van der Waals surface area contributed by atoms with Crippen LogP contribution in [0.4, 0.5) is 5.82 Å². The maximum atomic E-state index is 8.77. The van der Waals surface area contributed by atoms with Crippen molar-refractivity contribution in [3.8, 4) is 28.5 Å². The number of aromatic nitrogens is 2. The van der Waals surface area contributed by atoms with Crippen molar-refractivity contribution in [2.45, 2.75) is 19.4 Å². The predicted molar refractivity (Wildman–Crippen MR) is 94.6 cm³/mol. The SMILES string of the molecule is N#CCCC[n+]1nc(-c2ccccc2)cc(-c2ccccc2)c1N.[Br-]. The zero-order chi connectivity index (χ0) is 16.8. The molecule has 0 saturated carbocycles. The highest BCUT2D eigenvalue weighted by atomic mass is 79.9. The van der Waals surface area contributed by atoms with Gasteiger partial charge in [-0.15, -0.1) is 4.68 Å². The second-order valence-electron chi connectivity index (χ2n) is 5.55. The first-order valence-electron chi connectivity index (χ1n) is 7.98. The Morgan fingerprint density at radius 3 is 2.16 bits per heavy atom. The van der Waals surface area contributed by atoms with Gasteiger partial charge < -0.3 is 17.0 Å². The standard InChI is InChI=1S/C20H18N4.BrH/c21-13-7-8-14-24-20(22)18(16-9-3-1-4-10-16)15-19(23-24)17-11-5-2-6-12-17;/h1-6,9-12,15,22H,7-8,14H2;1H. The Morgan fingerprint density at radius 2 is 1.56 bits per heavy atom. The molecule has 0 saturated heterocycles. The molecule has 5 heteroatoms. The molecule has 2 aromatic carbocycles. The van der Waals surface area contributed by atoms with Gasteiger partial charge in [0.2, 0.25) is 0 Å². The average Bonchev–Trinajstić information content (AvgIpc) is 2.65. The molecule has 4 nitrogen and oxygen atoms in total. The molecule has 0 amide bonds. The summed E-state index contributed by atoms with van der Waals surface area (Å²) in [5.74, 6) is 0.624. The highest BCUT2D eigenvalue weighted by Gasteiger charge is 2.17. The van der Waals surface area contributed by atoms with Gasteiger partial charge in [-0.2, -0.15) is 5.26 Å². The Morgan fingerprint density at radius 1 is 0.960 bits per heavy atom. The first-order valence-corrected chi connectivity index (χ1v) is 7.98. The molecule has 3 aromatic rings. The van der Waals surface area contributed by atoms with Gasteiger partial charge in [0.25, 0.3) is 0 Å². The third-order valence-corrected chi connectivity index (χ3v) is 3.88. The average molecular weight is 395 g/mol. The minimum Gasteiger partial charge on any atom is -1.00 e. The first-order chi connectivity index (χ1) is 11.8. The number of nitrogens with two attached hydrogens (primary N) is 1. The molecule has 25 heavy (non-hydrogen) atoms. The van der Waals surface area contributed by atoms with Crippen molar-refractivity contribution in [2.75, 3.05) is 5.73 Å². The van der Waals surface area contributed by atoms with Crippen LogP contribution < -0.4 is 27.4 Å². The molecule has 1 heterocycles. The van der Waals surface area contributed by atoms with Gasteiger partial charge in [-0.25, -0.2) is 0 Å². The molecule has 0 fully saturated rings. The molecule has 3 rings (SSSR count). The van der Waals surface area contributed by atoms with Crippen LogP contribution >= 0.6 is 0 Å². The Hall–Kier alpha value is -2.71. The molecule has 2 N–H and O–H groups in total. The van der Waals surface area contributed by atoms with Crippen molar-refractivity contribution >= 4 is 5.82 Å². The topological polar surface area (TPSA) is 66.6 Å². The molecule has 126 valence electrons. The van der Waals surface area contributed by atoms with Gasteiger partial charge in [0.05, 0.1) is 11.6 Å². The summed E-state index contributed by atoms with van der Waals surface area (Å²) in [5.41, 5.74) is 10.3. The number of anilines is 1. The molecule has 0 bridgehead atoms. The van der Waals surface area contributed by atoms with Crippen LogP contribution in [-0.2, 0) is 6.54 Å². The van der Waals surface area contributed by atoms with Crippen LogP contribution in [0.5, 0.6) is 0 Å². The minimum absolute atomic E-state index is 0. The molecular weight excluding hydrogens is 376 g/mol. The van der Waals surface area contributed by atoms with E-state index in [-0.39, 0.29) is 17.0 Å². The summed E-state index contributed by atoms with van der Waals surface area (Å²) in [6.07, 6.45) is 1.22. The quantitative estimate of drug-likeness (QED) is 0.508. The molecule has 1 aromatic heterocycles. The Bertz CT molecular complexity index is 858. The number of aryl methyl sites for hydroxylation is 1. The summed E-state index contributed by atoms with van der Waals surface area (Å²) in [6.45, 7) is 0.625. The summed E-state index contributed by atoms with van der Waals surface area (Å²) in [7, 11) is 0. The van der Waals surface area contributed by atoms with Crippen LogP contribution in [0.25, 0.3) is 22.4 Å². The van der Waals surface area contributed by atoms with Gasteiger partial charge in [-0.1, -0.05) is 65.8 Å². The monoisotopic (exact) mass is 394 g/mol. The van der Waals surface area contributed by atoms with Crippen LogP contribution in [0.1, 0.15) is 12.8 Å².